The third-order valence-electron chi connectivity index (χ3n) is 4.65. The molecule has 0 bridgehead atoms. The summed E-state index contributed by atoms with van der Waals surface area (Å²) in [7, 11) is 3.19. The van der Waals surface area contributed by atoms with Crippen LogP contribution in [0.4, 0.5) is 0 Å². The molecule has 0 spiro atoms. The van der Waals surface area contributed by atoms with Gasteiger partial charge in [0.05, 0.1) is 20.1 Å². The highest BCUT2D eigenvalue weighted by Crippen LogP contribution is 2.27. The van der Waals surface area contributed by atoms with Crippen LogP contribution in [0.1, 0.15) is 31.7 Å². The van der Waals surface area contributed by atoms with E-state index in [1.54, 1.807) is 19.1 Å². The van der Waals surface area contributed by atoms with Crippen molar-refractivity contribution in [3.8, 4) is 11.5 Å². The number of hydrogen-bond donors (Lipinski definition) is 1. The maximum Gasteiger partial charge on any atom is 0.308 e. The first-order valence-corrected chi connectivity index (χ1v) is 8.19. The lowest BCUT2D eigenvalue weighted by Crippen LogP contribution is -2.47. The molecule has 1 aromatic rings. The quantitative estimate of drug-likeness (QED) is 0.863. The number of benzene rings is 1. The second-order valence-electron chi connectivity index (χ2n) is 6.19. The molecule has 1 amide bonds. The third kappa shape index (κ3) is 4.19. The fraction of sp³-hybridized carbons (Fsp3) is 0.556. The Morgan fingerprint density at radius 3 is 2.62 bits per heavy atom. The molecule has 1 saturated heterocycles. The topological polar surface area (TPSA) is 76.1 Å². The van der Waals surface area contributed by atoms with E-state index in [9.17, 15) is 14.7 Å². The number of carbonyl (C=O) groups excluding carboxylic acids is 1. The summed E-state index contributed by atoms with van der Waals surface area (Å²) in [6.45, 7) is 2.27. The summed E-state index contributed by atoms with van der Waals surface area (Å²) in [4.78, 5) is 25.5. The summed E-state index contributed by atoms with van der Waals surface area (Å²) in [6.07, 6.45) is 2.20. The minimum atomic E-state index is -0.825. The zero-order valence-electron chi connectivity index (χ0n) is 14.4. The highest BCUT2D eigenvalue weighted by Gasteiger charge is 2.32. The number of methoxy groups -OCH3 is 2. The lowest BCUT2D eigenvalue weighted by Gasteiger charge is -2.36. The van der Waals surface area contributed by atoms with Gasteiger partial charge in [-0.05, 0) is 49.9 Å². The van der Waals surface area contributed by atoms with Crippen LogP contribution in [0.5, 0.6) is 11.5 Å². The van der Waals surface area contributed by atoms with Gasteiger partial charge in [0.1, 0.15) is 11.5 Å². The van der Waals surface area contributed by atoms with Crippen LogP contribution in [0.2, 0.25) is 0 Å². The van der Waals surface area contributed by atoms with Gasteiger partial charge < -0.3 is 19.5 Å². The van der Waals surface area contributed by atoms with Crippen LogP contribution in [0, 0.1) is 5.92 Å². The fourth-order valence-corrected chi connectivity index (χ4v) is 3.12. The van der Waals surface area contributed by atoms with Gasteiger partial charge in [-0.2, -0.15) is 0 Å². The van der Waals surface area contributed by atoms with Gasteiger partial charge in [-0.3, -0.25) is 9.59 Å². The standard InChI is InChI=1S/C18H25NO5/c1-12-4-5-14(18(21)22)11-19(12)17(20)9-6-13-10-15(23-2)7-8-16(13)24-3/h7-8,10,12,14H,4-6,9,11H2,1-3H3,(H,21,22). The maximum atomic E-state index is 12.6. The van der Waals surface area contributed by atoms with Gasteiger partial charge in [-0.25, -0.2) is 0 Å². The third-order valence-corrected chi connectivity index (χ3v) is 4.65. The first kappa shape index (κ1) is 18.1. The van der Waals surface area contributed by atoms with Gasteiger partial charge in [0.2, 0.25) is 5.91 Å². The van der Waals surface area contributed by atoms with E-state index < -0.39 is 11.9 Å². The molecule has 132 valence electrons. The van der Waals surface area contributed by atoms with Crippen molar-refractivity contribution in [1.29, 1.82) is 0 Å². The Bertz CT molecular complexity index is 601. The predicted molar refractivity (Wildman–Crippen MR) is 89.4 cm³/mol. The number of aryl methyl sites for hydroxylation is 1. The van der Waals surface area contributed by atoms with E-state index in [-0.39, 0.29) is 11.9 Å². The lowest BCUT2D eigenvalue weighted by atomic mass is 9.93. The summed E-state index contributed by atoms with van der Waals surface area (Å²) in [5.41, 5.74) is 0.907. The molecular formula is C18H25NO5. The first-order chi connectivity index (χ1) is 11.5. The molecule has 1 N–H and O–H groups in total. The number of carboxylic acids is 1. The summed E-state index contributed by atoms with van der Waals surface area (Å²) >= 11 is 0. The molecule has 6 nitrogen and oxygen atoms in total. The number of aliphatic carboxylic acids is 1. The van der Waals surface area contributed by atoms with Crippen molar-refractivity contribution in [3.05, 3.63) is 23.8 Å². The Hall–Kier alpha value is -2.24. The number of piperidine rings is 1. The Kier molecular flexibility index (Phi) is 6.06. The summed E-state index contributed by atoms with van der Waals surface area (Å²) in [5, 5.41) is 9.19. The molecule has 2 rings (SSSR count). The minimum absolute atomic E-state index is 0.0154. The minimum Gasteiger partial charge on any atom is -0.497 e. The molecule has 2 atom stereocenters. The zero-order chi connectivity index (χ0) is 17.7. The van der Waals surface area contributed by atoms with Gasteiger partial charge in [-0.1, -0.05) is 0 Å². The van der Waals surface area contributed by atoms with Crippen LogP contribution in [0.25, 0.3) is 0 Å². The first-order valence-electron chi connectivity index (χ1n) is 8.19. The summed E-state index contributed by atoms with van der Waals surface area (Å²) in [6, 6.07) is 5.59. The van der Waals surface area contributed by atoms with Crippen molar-refractivity contribution in [2.45, 2.75) is 38.6 Å². The average molecular weight is 335 g/mol. The number of rotatable bonds is 6. The normalized spacial score (nSPS) is 20.5. The van der Waals surface area contributed by atoms with Crippen LogP contribution in [0.3, 0.4) is 0 Å². The molecule has 0 radical (unpaired) electrons. The second kappa shape index (κ2) is 8.04. The molecule has 2 unspecified atom stereocenters. The van der Waals surface area contributed by atoms with Crippen molar-refractivity contribution in [2.24, 2.45) is 5.92 Å². The van der Waals surface area contributed by atoms with Gasteiger partial charge in [-0.15, -0.1) is 0 Å². The fourth-order valence-electron chi connectivity index (χ4n) is 3.12. The highest BCUT2D eigenvalue weighted by molar-refractivity contribution is 5.78. The highest BCUT2D eigenvalue weighted by atomic mass is 16.5. The number of hydrogen-bond acceptors (Lipinski definition) is 4. The van der Waals surface area contributed by atoms with Crippen molar-refractivity contribution >= 4 is 11.9 Å². The zero-order valence-corrected chi connectivity index (χ0v) is 14.4. The van der Waals surface area contributed by atoms with Crippen LogP contribution in [0.15, 0.2) is 18.2 Å². The van der Waals surface area contributed by atoms with Crippen LogP contribution in [-0.2, 0) is 16.0 Å². The Balaban J connectivity index is 2.03. The Labute approximate surface area is 142 Å². The molecule has 24 heavy (non-hydrogen) atoms. The van der Waals surface area contributed by atoms with E-state index in [0.717, 1.165) is 23.5 Å². The number of amides is 1. The van der Waals surface area contributed by atoms with Crippen molar-refractivity contribution in [3.63, 3.8) is 0 Å². The molecule has 1 heterocycles. The summed E-state index contributed by atoms with van der Waals surface area (Å²) in [5.74, 6) is 0.137. The average Bonchev–Trinajstić information content (AvgIpc) is 2.59. The predicted octanol–water partition coefficient (Wildman–Crippen LogP) is 2.35. The number of ether oxygens (including phenoxy) is 2. The molecular weight excluding hydrogens is 310 g/mol. The van der Waals surface area contributed by atoms with Gasteiger partial charge in [0, 0.05) is 19.0 Å². The van der Waals surface area contributed by atoms with Crippen molar-refractivity contribution in [1.82, 2.24) is 4.90 Å². The van der Waals surface area contributed by atoms with E-state index in [1.807, 2.05) is 25.1 Å². The SMILES string of the molecule is COc1ccc(OC)c(CCC(=O)N2CC(C(=O)O)CCC2C)c1. The van der Waals surface area contributed by atoms with Crippen LogP contribution in [-0.4, -0.2) is 48.7 Å². The van der Waals surface area contributed by atoms with Gasteiger partial charge >= 0.3 is 5.97 Å². The van der Waals surface area contributed by atoms with Gasteiger partial charge in [0.15, 0.2) is 0 Å². The molecule has 0 aliphatic carbocycles. The molecule has 1 aliphatic heterocycles. The molecule has 1 aliphatic rings. The van der Waals surface area contributed by atoms with E-state index in [4.69, 9.17) is 9.47 Å². The maximum absolute atomic E-state index is 12.6. The van der Waals surface area contributed by atoms with E-state index >= 15 is 0 Å². The van der Waals surface area contributed by atoms with E-state index in [2.05, 4.69) is 0 Å². The van der Waals surface area contributed by atoms with E-state index in [0.29, 0.717) is 25.8 Å². The largest absolute Gasteiger partial charge is 0.497 e. The van der Waals surface area contributed by atoms with Crippen molar-refractivity contribution < 1.29 is 24.2 Å². The van der Waals surface area contributed by atoms with Crippen molar-refractivity contribution in [2.75, 3.05) is 20.8 Å². The molecule has 1 fully saturated rings. The second-order valence-corrected chi connectivity index (χ2v) is 6.19. The number of carbonyl (C=O) groups is 2. The smallest absolute Gasteiger partial charge is 0.308 e. The van der Waals surface area contributed by atoms with E-state index in [1.165, 1.54) is 0 Å². The van der Waals surface area contributed by atoms with Crippen LogP contribution < -0.4 is 9.47 Å². The monoisotopic (exact) mass is 335 g/mol. The Morgan fingerprint density at radius 1 is 1.25 bits per heavy atom. The molecule has 0 aromatic heterocycles. The molecule has 1 aromatic carbocycles. The number of carboxylic acid groups (broad SMARTS) is 1. The lowest BCUT2D eigenvalue weighted by molar-refractivity contribution is -0.147. The molecule has 0 saturated carbocycles. The number of likely N-dealkylation sites (tertiary alicyclic amines) is 1. The van der Waals surface area contributed by atoms with Gasteiger partial charge in [0.25, 0.3) is 0 Å². The molecule has 6 heteroatoms. The van der Waals surface area contributed by atoms with Crippen LogP contribution >= 0.6 is 0 Å². The Morgan fingerprint density at radius 2 is 2.00 bits per heavy atom. The number of nitrogens with zero attached hydrogens (tertiary/aromatic N) is 1. The summed E-state index contributed by atoms with van der Waals surface area (Å²) < 4.78 is 10.6.